The van der Waals surface area contributed by atoms with Gasteiger partial charge in [-0.05, 0) is 29.2 Å². The molecule has 0 aromatic heterocycles. The fourth-order valence-corrected chi connectivity index (χ4v) is 2.97. The summed E-state index contributed by atoms with van der Waals surface area (Å²) in [5.41, 5.74) is 3.17. The highest BCUT2D eigenvalue weighted by Gasteiger charge is 2.31. The lowest BCUT2D eigenvalue weighted by Crippen LogP contribution is -2.52. The van der Waals surface area contributed by atoms with Crippen LogP contribution in [0.2, 0.25) is 0 Å². The van der Waals surface area contributed by atoms with Crippen molar-refractivity contribution in [3.63, 3.8) is 0 Å². The number of hydrogen-bond donors (Lipinski definition) is 1. The smallest absolute Gasteiger partial charge is 0.133 e. The van der Waals surface area contributed by atoms with Crippen molar-refractivity contribution in [1.29, 1.82) is 0 Å². The molecule has 3 rings (SSSR count). The first kappa shape index (κ1) is 16.4. The molecular formula is C21H25NO2. The molecule has 1 fully saturated rings. The normalized spacial score (nSPS) is 15.0. The van der Waals surface area contributed by atoms with Gasteiger partial charge in [0.05, 0.1) is 13.1 Å². The third-order valence-corrected chi connectivity index (χ3v) is 4.40. The van der Waals surface area contributed by atoms with Crippen molar-refractivity contribution in [3.05, 3.63) is 66.2 Å². The largest absolute Gasteiger partial charge is 0.508 e. The van der Waals surface area contributed by atoms with E-state index in [4.69, 9.17) is 4.74 Å². The Morgan fingerprint density at radius 2 is 1.83 bits per heavy atom. The van der Waals surface area contributed by atoms with Crippen LogP contribution >= 0.6 is 0 Å². The van der Waals surface area contributed by atoms with Crippen LogP contribution in [0.25, 0.3) is 5.70 Å². The summed E-state index contributed by atoms with van der Waals surface area (Å²) in [4.78, 5) is 2.18. The lowest BCUT2D eigenvalue weighted by Gasteiger charge is -2.42. The van der Waals surface area contributed by atoms with Crippen LogP contribution in [0.15, 0.2) is 55.1 Å². The molecule has 126 valence electrons. The van der Waals surface area contributed by atoms with E-state index in [1.54, 1.807) is 12.1 Å². The fourth-order valence-electron chi connectivity index (χ4n) is 2.97. The average molecular weight is 323 g/mol. The molecule has 3 heteroatoms. The third-order valence-electron chi connectivity index (χ3n) is 4.40. The molecule has 0 spiro atoms. The van der Waals surface area contributed by atoms with Gasteiger partial charge in [-0.2, -0.15) is 0 Å². The molecule has 1 aliphatic rings. The van der Waals surface area contributed by atoms with E-state index in [1.807, 2.05) is 24.3 Å². The SMILES string of the molecule is C=C(c1cccc(O)c1)N1CC(Oc2ccccc2C(C)(C)C)C1. The van der Waals surface area contributed by atoms with Gasteiger partial charge in [0.2, 0.25) is 0 Å². The second kappa shape index (κ2) is 6.23. The van der Waals surface area contributed by atoms with Gasteiger partial charge < -0.3 is 14.7 Å². The monoisotopic (exact) mass is 323 g/mol. The summed E-state index contributed by atoms with van der Waals surface area (Å²) in [6.07, 6.45) is 0.169. The standard InChI is InChI=1S/C21H25NO2/c1-15(16-8-7-9-17(23)12-16)22-13-18(14-22)24-20-11-6-5-10-19(20)21(2,3)4/h5-12,18,23H,1,13-14H2,2-4H3. The van der Waals surface area contributed by atoms with Crippen molar-refractivity contribution in [2.45, 2.75) is 32.3 Å². The van der Waals surface area contributed by atoms with Crippen molar-refractivity contribution in [3.8, 4) is 11.5 Å². The van der Waals surface area contributed by atoms with Gasteiger partial charge in [0, 0.05) is 11.3 Å². The van der Waals surface area contributed by atoms with E-state index in [0.717, 1.165) is 30.1 Å². The lowest BCUT2D eigenvalue weighted by molar-refractivity contribution is 0.0595. The van der Waals surface area contributed by atoms with Crippen LogP contribution in [-0.4, -0.2) is 29.2 Å². The van der Waals surface area contributed by atoms with Gasteiger partial charge in [0.1, 0.15) is 17.6 Å². The maximum Gasteiger partial charge on any atom is 0.133 e. The Morgan fingerprint density at radius 3 is 2.50 bits per heavy atom. The summed E-state index contributed by atoms with van der Waals surface area (Å²) in [7, 11) is 0. The summed E-state index contributed by atoms with van der Waals surface area (Å²) in [6, 6.07) is 15.5. The zero-order valence-electron chi connectivity index (χ0n) is 14.6. The summed E-state index contributed by atoms with van der Waals surface area (Å²) in [5, 5.41) is 9.60. The van der Waals surface area contributed by atoms with Gasteiger partial charge in [-0.1, -0.05) is 57.7 Å². The van der Waals surface area contributed by atoms with Crippen LogP contribution in [0.3, 0.4) is 0 Å². The number of para-hydroxylation sites is 1. The van der Waals surface area contributed by atoms with E-state index in [-0.39, 0.29) is 17.3 Å². The number of ether oxygens (including phenoxy) is 1. The van der Waals surface area contributed by atoms with E-state index in [2.05, 4.69) is 44.4 Å². The number of phenols is 1. The predicted octanol–water partition coefficient (Wildman–Crippen LogP) is 4.42. The van der Waals surface area contributed by atoms with Crippen LogP contribution < -0.4 is 4.74 Å². The number of phenolic OH excluding ortho intramolecular Hbond substituents is 1. The molecule has 1 saturated heterocycles. The Kier molecular flexibility index (Phi) is 4.27. The van der Waals surface area contributed by atoms with E-state index < -0.39 is 0 Å². The number of hydrogen-bond acceptors (Lipinski definition) is 3. The topological polar surface area (TPSA) is 32.7 Å². The highest BCUT2D eigenvalue weighted by Crippen LogP contribution is 2.33. The molecule has 24 heavy (non-hydrogen) atoms. The number of rotatable bonds is 4. The van der Waals surface area contributed by atoms with Gasteiger partial charge in [-0.25, -0.2) is 0 Å². The van der Waals surface area contributed by atoms with Crippen molar-refractivity contribution >= 4 is 5.70 Å². The molecular weight excluding hydrogens is 298 g/mol. The Labute approximate surface area is 144 Å². The molecule has 1 aliphatic heterocycles. The summed E-state index contributed by atoms with van der Waals surface area (Å²) in [5.74, 6) is 1.23. The van der Waals surface area contributed by atoms with Crippen LogP contribution in [0.1, 0.15) is 31.9 Å². The van der Waals surface area contributed by atoms with Crippen LogP contribution in [0, 0.1) is 0 Å². The van der Waals surface area contributed by atoms with Crippen LogP contribution in [0.4, 0.5) is 0 Å². The first-order chi connectivity index (χ1) is 11.3. The van der Waals surface area contributed by atoms with Gasteiger partial charge in [0.15, 0.2) is 0 Å². The van der Waals surface area contributed by atoms with Crippen LogP contribution in [0.5, 0.6) is 11.5 Å². The minimum Gasteiger partial charge on any atom is -0.508 e. The van der Waals surface area contributed by atoms with Crippen molar-refractivity contribution in [1.82, 2.24) is 4.90 Å². The molecule has 0 unspecified atom stereocenters. The summed E-state index contributed by atoms with van der Waals surface area (Å²) < 4.78 is 6.22. The number of benzene rings is 2. The summed E-state index contributed by atoms with van der Waals surface area (Å²) >= 11 is 0. The molecule has 1 heterocycles. The molecule has 0 aliphatic carbocycles. The Hall–Kier alpha value is -2.42. The Morgan fingerprint density at radius 1 is 1.12 bits per heavy atom. The quantitative estimate of drug-likeness (QED) is 0.904. The molecule has 2 aromatic rings. The van der Waals surface area contributed by atoms with E-state index in [0.29, 0.717) is 0 Å². The molecule has 3 nitrogen and oxygen atoms in total. The second-order valence-electron chi connectivity index (χ2n) is 7.39. The van der Waals surface area contributed by atoms with Crippen molar-refractivity contribution in [2.24, 2.45) is 0 Å². The first-order valence-electron chi connectivity index (χ1n) is 8.34. The second-order valence-corrected chi connectivity index (χ2v) is 7.39. The van der Waals surface area contributed by atoms with E-state index >= 15 is 0 Å². The van der Waals surface area contributed by atoms with Crippen LogP contribution in [-0.2, 0) is 5.41 Å². The number of aromatic hydroxyl groups is 1. The molecule has 0 bridgehead atoms. The Balaban J connectivity index is 1.63. The van der Waals surface area contributed by atoms with Crippen molar-refractivity contribution < 1.29 is 9.84 Å². The number of likely N-dealkylation sites (tertiary alicyclic amines) is 1. The van der Waals surface area contributed by atoms with Crippen molar-refractivity contribution in [2.75, 3.05) is 13.1 Å². The summed E-state index contributed by atoms with van der Waals surface area (Å²) in [6.45, 7) is 12.4. The molecule has 2 aromatic carbocycles. The van der Waals surface area contributed by atoms with Gasteiger partial charge in [-0.3, -0.25) is 0 Å². The van der Waals surface area contributed by atoms with Gasteiger partial charge in [-0.15, -0.1) is 0 Å². The maximum atomic E-state index is 9.60. The van der Waals surface area contributed by atoms with E-state index in [9.17, 15) is 5.11 Å². The zero-order valence-corrected chi connectivity index (χ0v) is 14.6. The molecule has 0 amide bonds. The highest BCUT2D eigenvalue weighted by molar-refractivity contribution is 5.64. The Bertz CT molecular complexity index is 739. The minimum absolute atomic E-state index is 0.0607. The number of nitrogens with zero attached hydrogens (tertiary/aromatic N) is 1. The predicted molar refractivity (Wildman–Crippen MR) is 98.3 cm³/mol. The maximum absolute atomic E-state index is 9.60. The highest BCUT2D eigenvalue weighted by atomic mass is 16.5. The molecule has 0 saturated carbocycles. The first-order valence-corrected chi connectivity index (χ1v) is 8.34. The average Bonchev–Trinajstić information content (AvgIpc) is 2.49. The van der Waals surface area contributed by atoms with Gasteiger partial charge in [0.25, 0.3) is 0 Å². The lowest BCUT2D eigenvalue weighted by atomic mass is 9.86. The molecule has 1 N–H and O–H groups in total. The zero-order chi connectivity index (χ0) is 17.3. The van der Waals surface area contributed by atoms with Gasteiger partial charge >= 0.3 is 0 Å². The molecule has 0 atom stereocenters. The molecule has 0 radical (unpaired) electrons. The third kappa shape index (κ3) is 3.40. The fraction of sp³-hybridized carbons (Fsp3) is 0.333. The minimum atomic E-state index is 0.0607. The van der Waals surface area contributed by atoms with E-state index in [1.165, 1.54) is 5.56 Å².